The molecule has 12 heteroatoms. The Balaban J connectivity index is 1.37. The van der Waals surface area contributed by atoms with Gasteiger partial charge in [0.05, 0.1) is 26.4 Å². The maximum atomic E-state index is 12.6. The Kier molecular flexibility index (Phi) is 9.97. The summed E-state index contributed by atoms with van der Waals surface area (Å²) < 4.78 is 11.0. The molecule has 0 radical (unpaired) electrons. The molecule has 200 valence electrons. The van der Waals surface area contributed by atoms with E-state index < -0.39 is 0 Å². The molecule has 2 aromatic rings. The molecule has 3 N–H and O–H groups in total. The number of hydroxylamine groups is 1. The number of rotatable bonds is 11. The Morgan fingerprint density at radius 1 is 0.811 bits per heavy atom. The number of hydrogen-bond acceptors (Lipinski definition) is 10. The minimum Gasteiger partial charge on any atom is -0.378 e. The summed E-state index contributed by atoms with van der Waals surface area (Å²) in [6.45, 7) is 6.01. The van der Waals surface area contributed by atoms with Crippen LogP contribution in [0, 0.1) is 0 Å². The summed E-state index contributed by atoms with van der Waals surface area (Å²) in [5, 5.41) is 11.4. The van der Waals surface area contributed by atoms with Gasteiger partial charge >= 0.3 is 0 Å². The molecule has 2 aliphatic heterocycles. The largest absolute Gasteiger partial charge is 0.378 e. The van der Waals surface area contributed by atoms with Gasteiger partial charge in [-0.15, -0.1) is 0 Å². The van der Waals surface area contributed by atoms with Crippen molar-refractivity contribution >= 4 is 23.7 Å². The number of carbonyl (C=O) groups is 2. The van der Waals surface area contributed by atoms with E-state index in [4.69, 9.17) is 29.6 Å². The van der Waals surface area contributed by atoms with Crippen LogP contribution in [-0.4, -0.2) is 91.1 Å². The number of anilines is 2. The van der Waals surface area contributed by atoms with Crippen molar-refractivity contribution in [1.29, 1.82) is 0 Å². The lowest BCUT2D eigenvalue weighted by atomic mass is 10.1. The summed E-state index contributed by atoms with van der Waals surface area (Å²) in [6.07, 6.45) is 3.60. The molecule has 4 rings (SSSR count). The molecule has 2 amide bonds. The third-order valence-electron chi connectivity index (χ3n) is 6.35. The molecule has 3 heterocycles. The highest BCUT2D eigenvalue weighted by Crippen LogP contribution is 2.23. The number of unbranched alkanes of at least 4 members (excludes halogenated alkanes) is 3. The van der Waals surface area contributed by atoms with E-state index in [1.54, 1.807) is 17.6 Å². The second-order valence-corrected chi connectivity index (χ2v) is 8.99. The van der Waals surface area contributed by atoms with Crippen molar-refractivity contribution in [2.24, 2.45) is 0 Å². The minimum absolute atomic E-state index is 0.134. The molecule has 12 nitrogen and oxygen atoms in total. The molecule has 1 aromatic heterocycles. The normalized spacial score (nSPS) is 15.9. The predicted molar refractivity (Wildman–Crippen MR) is 137 cm³/mol. The lowest BCUT2D eigenvalue weighted by Crippen LogP contribution is -2.40. The van der Waals surface area contributed by atoms with Gasteiger partial charge in [-0.25, -0.2) is 5.48 Å². The van der Waals surface area contributed by atoms with Gasteiger partial charge in [0.15, 0.2) is 5.82 Å². The number of amides is 2. The Hall–Kier alpha value is -3.35. The van der Waals surface area contributed by atoms with Crippen LogP contribution in [0.5, 0.6) is 0 Å². The molecule has 1 aromatic carbocycles. The molecule has 2 fully saturated rings. The van der Waals surface area contributed by atoms with Crippen LogP contribution in [-0.2, 0) is 14.3 Å². The van der Waals surface area contributed by atoms with E-state index >= 15 is 0 Å². The summed E-state index contributed by atoms with van der Waals surface area (Å²) in [5.74, 6) is 1.33. The highest BCUT2D eigenvalue weighted by molar-refractivity contribution is 5.94. The van der Waals surface area contributed by atoms with Crippen LogP contribution in [0.2, 0.25) is 0 Å². The van der Waals surface area contributed by atoms with E-state index in [1.165, 1.54) is 0 Å². The SMILES string of the molecule is O=C(CCCCCCNC(=O)c1ccc(-c2nc(N3CCOCC3)nc(N3CCOCC3)n2)cc1)NO. The number of carbonyl (C=O) groups excluding carboxylic acids is 2. The molecular weight excluding hydrogens is 478 g/mol. The molecule has 0 unspecified atom stereocenters. The van der Waals surface area contributed by atoms with Crippen LogP contribution in [0.4, 0.5) is 11.9 Å². The maximum absolute atomic E-state index is 12.6. The van der Waals surface area contributed by atoms with Crippen LogP contribution < -0.4 is 20.6 Å². The monoisotopic (exact) mass is 513 g/mol. The lowest BCUT2D eigenvalue weighted by molar-refractivity contribution is -0.129. The van der Waals surface area contributed by atoms with Crippen molar-refractivity contribution in [2.45, 2.75) is 32.1 Å². The number of aromatic nitrogens is 3. The Labute approximate surface area is 216 Å². The highest BCUT2D eigenvalue weighted by Gasteiger charge is 2.21. The number of morpholine rings is 2. The smallest absolute Gasteiger partial charge is 0.251 e. The highest BCUT2D eigenvalue weighted by atomic mass is 16.5. The zero-order chi connectivity index (χ0) is 25.9. The fraction of sp³-hybridized carbons (Fsp3) is 0.560. The van der Waals surface area contributed by atoms with Crippen molar-refractivity contribution in [3.63, 3.8) is 0 Å². The Morgan fingerprint density at radius 2 is 1.38 bits per heavy atom. The number of hydrogen-bond donors (Lipinski definition) is 3. The average molecular weight is 514 g/mol. The summed E-state index contributed by atoms with van der Waals surface area (Å²) in [7, 11) is 0. The second kappa shape index (κ2) is 13.8. The van der Waals surface area contributed by atoms with Crippen LogP contribution in [0.1, 0.15) is 42.5 Å². The van der Waals surface area contributed by atoms with Crippen molar-refractivity contribution in [3.05, 3.63) is 29.8 Å². The third-order valence-corrected chi connectivity index (χ3v) is 6.35. The van der Waals surface area contributed by atoms with Gasteiger partial charge in [-0.2, -0.15) is 15.0 Å². The van der Waals surface area contributed by atoms with Gasteiger partial charge in [-0.1, -0.05) is 25.0 Å². The van der Waals surface area contributed by atoms with Crippen LogP contribution in [0.3, 0.4) is 0 Å². The molecule has 0 aliphatic carbocycles. The molecule has 2 saturated heterocycles. The van der Waals surface area contributed by atoms with E-state index in [0.29, 0.717) is 69.1 Å². The molecule has 37 heavy (non-hydrogen) atoms. The summed E-state index contributed by atoms with van der Waals surface area (Å²) >= 11 is 0. The van der Waals surface area contributed by atoms with Gasteiger partial charge in [0.2, 0.25) is 17.8 Å². The van der Waals surface area contributed by atoms with Crippen LogP contribution in [0.25, 0.3) is 11.4 Å². The van der Waals surface area contributed by atoms with E-state index in [2.05, 4.69) is 15.1 Å². The zero-order valence-electron chi connectivity index (χ0n) is 21.0. The average Bonchev–Trinajstić information content (AvgIpc) is 2.97. The maximum Gasteiger partial charge on any atom is 0.251 e. The lowest BCUT2D eigenvalue weighted by Gasteiger charge is -2.30. The Morgan fingerprint density at radius 3 is 1.95 bits per heavy atom. The van der Waals surface area contributed by atoms with Gasteiger partial charge in [0.25, 0.3) is 5.91 Å². The van der Waals surface area contributed by atoms with Crippen molar-refractivity contribution in [1.82, 2.24) is 25.7 Å². The number of nitrogens with one attached hydrogen (secondary N) is 2. The van der Waals surface area contributed by atoms with Crippen molar-refractivity contribution in [2.75, 3.05) is 69.0 Å². The van der Waals surface area contributed by atoms with E-state index in [0.717, 1.165) is 51.0 Å². The van der Waals surface area contributed by atoms with Gasteiger partial charge < -0.3 is 24.6 Å². The van der Waals surface area contributed by atoms with Gasteiger partial charge in [-0.3, -0.25) is 14.8 Å². The second-order valence-electron chi connectivity index (χ2n) is 8.99. The fourth-order valence-corrected chi connectivity index (χ4v) is 4.19. The third kappa shape index (κ3) is 7.81. The summed E-state index contributed by atoms with van der Waals surface area (Å²) in [5.41, 5.74) is 3.01. The first kappa shape index (κ1) is 26.7. The van der Waals surface area contributed by atoms with E-state index in [1.807, 2.05) is 12.1 Å². The number of nitrogens with zero attached hydrogens (tertiary/aromatic N) is 5. The first-order chi connectivity index (χ1) is 18.1. The van der Waals surface area contributed by atoms with Gasteiger partial charge in [0.1, 0.15) is 0 Å². The molecular formula is C25H35N7O5. The molecule has 2 aliphatic rings. The summed E-state index contributed by atoms with van der Waals surface area (Å²) in [6, 6.07) is 7.29. The van der Waals surface area contributed by atoms with E-state index in [9.17, 15) is 9.59 Å². The molecule has 0 spiro atoms. The van der Waals surface area contributed by atoms with Gasteiger partial charge in [-0.05, 0) is 25.0 Å². The predicted octanol–water partition coefficient (Wildman–Crippen LogP) is 1.40. The van der Waals surface area contributed by atoms with Gasteiger partial charge in [0, 0.05) is 50.3 Å². The molecule has 0 saturated carbocycles. The zero-order valence-corrected chi connectivity index (χ0v) is 21.0. The molecule has 0 atom stereocenters. The van der Waals surface area contributed by atoms with Crippen LogP contribution in [0.15, 0.2) is 24.3 Å². The standard InChI is InChI=1S/C25H35N7O5/c33-21(30-35)5-3-1-2-4-10-26-23(34)20-8-6-19(7-9-20)22-27-24(31-11-15-36-16-12-31)29-25(28-22)32-13-17-37-18-14-32/h6-9,35H,1-5,10-18H2,(H,26,34)(H,30,33). The van der Waals surface area contributed by atoms with Crippen molar-refractivity contribution < 1.29 is 24.3 Å². The topological polar surface area (TPSA) is 142 Å². The summed E-state index contributed by atoms with van der Waals surface area (Å²) in [4.78, 5) is 42.0. The number of benzene rings is 1. The van der Waals surface area contributed by atoms with E-state index in [-0.39, 0.29) is 11.8 Å². The van der Waals surface area contributed by atoms with Crippen LogP contribution >= 0.6 is 0 Å². The Bertz CT molecular complexity index is 988. The molecule has 0 bridgehead atoms. The minimum atomic E-state index is -0.372. The van der Waals surface area contributed by atoms with Crippen molar-refractivity contribution in [3.8, 4) is 11.4 Å². The number of ether oxygens (including phenoxy) is 2. The quantitative estimate of drug-likeness (QED) is 0.229. The fourth-order valence-electron chi connectivity index (χ4n) is 4.19. The first-order valence-electron chi connectivity index (χ1n) is 12.9. The first-order valence-corrected chi connectivity index (χ1v) is 12.9.